The van der Waals surface area contributed by atoms with Crippen molar-refractivity contribution in [3.05, 3.63) is 19.2 Å². The topological polar surface area (TPSA) is 29.1 Å². The van der Waals surface area contributed by atoms with Crippen molar-refractivity contribution in [2.75, 3.05) is 6.54 Å². The fourth-order valence-electron chi connectivity index (χ4n) is 1.72. The highest BCUT2D eigenvalue weighted by atomic mass is 79.9. The Morgan fingerprint density at radius 2 is 2.27 bits per heavy atom. The van der Waals surface area contributed by atoms with Crippen LogP contribution in [0.4, 0.5) is 0 Å². The third kappa shape index (κ3) is 2.70. The van der Waals surface area contributed by atoms with Crippen molar-refractivity contribution in [2.45, 2.75) is 25.3 Å². The van der Waals surface area contributed by atoms with Crippen LogP contribution in [0, 0.1) is 0 Å². The maximum atomic E-state index is 12.1. The van der Waals surface area contributed by atoms with Crippen molar-refractivity contribution < 1.29 is 4.79 Å². The van der Waals surface area contributed by atoms with E-state index < -0.39 is 0 Å². The molecule has 2 heterocycles. The second-order valence-electron chi connectivity index (χ2n) is 3.60. The van der Waals surface area contributed by atoms with E-state index in [1.54, 1.807) is 0 Å². The Hall–Kier alpha value is 0.290. The van der Waals surface area contributed by atoms with Crippen LogP contribution in [0.25, 0.3) is 0 Å². The van der Waals surface area contributed by atoms with Crippen LogP contribution in [0.1, 0.15) is 28.9 Å². The van der Waals surface area contributed by atoms with Crippen LogP contribution in [0.2, 0.25) is 0 Å². The molecule has 1 unspecified atom stereocenters. The second kappa shape index (κ2) is 5.08. The van der Waals surface area contributed by atoms with Gasteiger partial charge < -0.3 is 5.32 Å². The fourth-order valence-corrected chi connectivity index (χ4v) is 3.75. The molecule has 82 valence electrons. The molecule has 1 saturated heterocycles. The Balaban J connectivity index is 2.12. The smallest absolute Gasteiger partial charge is 0.189 e. The third-order valence-electron chi connectivity index (χ3n) is 2.51. The molecule has 1 atom stereocenters. The average Bonchev–Trinajstić information content (AvgIpc) is 2.59. The van der Waals surface area contributed by atoms with Crippen LogP contribution in [0.3, 0.4) is 0 Å². The highest BCUT2D eigenvalue weighted by Crippen LogP contribution is 2.33. The molecule has 0 saturated carbocycles. The molecule has 0 bridgehead atoms. The summed E-state index contributed by atoms with van der Waals surface area (Å²) in [6, 6.07) is 1.92. The first kappa shape index (κ1) is 11.8. The van der Waals surface area contributed by atoms with Gasteiger partial charge in [0.05, 0.1) is 14.7 Å². The average molecular weight is 353 g/mol. The normalized spacial score (nSPS) is 21.6. The summed E-state index contributed by atoms with van der Waals surface area (Å²) in [6.45, 7) is 0.962. The standard InChI is InChI=1S/C10H11Br2NOS/c11-6-5-8(15-10(6)12)9(14)7-3-1-2-4-13-7/h5,7,13H,1-4H2. The molecule has 0 amide bonds. The SMILES string of the molecule is O=C(c1cc(Br)c(Br)s1)C1CCCCN1. The Morgan fingerprint density at radius 1 is 1.47 bits per heavy atom. The number of halogens is 2. The molecule has 5 heteroatoms. The largest absolute Gasteiger partial charge is 0.307 e. The molecule has 1 aromatic heterocycles. The van der Waals surface area contributed by atoms with Gasteiger partial charge in [0.1, 0.15) is 0 Å². The molecule has 15 heavy (non-hydrogen) atoms. The van der Waals surface area contributed by atoms with Gasteiger partial charge in [-0.25, -0.2) is 0 Å². The minimum Gasteiger partial charge on any atom is -0.307 e. The van der Waals surface area contributed by atoms with E-state index in [4.69, 9.17) is 0 Å². The van der Waals surface area contributed by atoms with E-state index in [1.807, 2.05) is 6.07 Å². The maximum absolute atomic E-state index is 12.1. The van der Waals surface area contributed by atoms with E-state index >= 15 is 0 Å². The molecule has 0 aliphatic carbocycles. The number of nitrogens with one attached hydrogen (secondary N) is 1. The number of hydrogen-bond acceptors (Lipinski definition) is 3. The minimum absolute atomic E-state index is 0.0243. The van der Waals surface area contributed by atoms with Gasteiger partial charge in [0.2, 0.25) is 0 Å². The summed E-state index contributed by atoms with van der Waals surface area (Å²) < 4.78 is 1.95. The molecule has 0 aromatic carbocycles. The number of ketones is 1. The van der Waals surface area contributed by atoms with Gasteiger partial charge >= 0.3 is 0 Å². The summed E-state index contributed by atoms with van der Waals surface area (Å²) in [5.41, 5.74) is 0. The first-order chi connectivity index (χ1) is 7.18. The van der Waals surface area contributed by atoms with Gasteiger partial charge in [0.25, 0.3) is 0 Å². The monoisotopic (exact) mass is 351 g/mol. The third-order valence-corrected chi connectivity index (χ3v) is 5.79. The zero-order valence-corrected chi connectivity index (χ0v) is 12.0. The predicted octanol–water partition coefficient (Wildman–Crippen LogP) is 3.60. The second-order valence-corrected chi connectivity index (χ2v) is 6.82. The summed E-state index contributed by atoms with van der Waals surface area (Å²) in [5, 5.41) is 3.27. The molecule has 1 aromatic rings. The lowest BCUT2D eigenvalue weighted by Gasteiger charge is -2.21. The van der Waals surface area contributed by atoms with E-state index in [2.05, 4.69) is 37.2 Å². The van der Waals surface area contributed by atoms with E-state index in [1.165, 1.54) is 17.8 Å². The Bertz CT molecular complexity index is 352. The lowest BCUT2D eigenvalue weighted by Crippen LogP contribution is -2.40. The van der Waals surface area contributed by atoms with E-state index in [9.17, 15) is 4.79 Å². The van der Waals surface area contributed by atoms with Gasteiger partial charge in [-0.1, -0.05) is 6.42 Å². The molecule has 2 rings (SSSR count). The van der Waals surface area contributed by atoms with Crippen molar-refractivity contribution in [3.63, 3.8) is 0 Å². The molecule has 1 N–H and O–H groups in total. The van der Waals surface area contributed by atoms with Crippen LogP contribution in [0.15, 0.2) is 14.3 Å². The zero-order chi connectivity index (χ0) is 10.8. The van der Waals surface area contributed by atoms with Gasteiger partial charge in [-0.15, -0.1) is 11.3 Å². The number of hydrogen-bond donors (Lipinski definition) is 1. The number of thiophene rings is 1. The van der Waals surface area contributed by atoms with Gasteiger partial charge in [-0.05, 0) is 57.3 Å². The van der Waals surface area contributed by atoms with Crippen molar-refractivity contribution in [2.24, 2.45) is 0 Å². The maximum Gasteiger partial charge on any atom is 0.189 e. The minimum atomic E-state index is 0.0243. The van der Waals surface area contributed by atoms with Gasteiger partial charge in [0, 0.05) is 4.47 Å². The van der Waals surface area contributed by atoms with E-state index in [0.29, 0.717) is 0 Å². The highest BCUT2D eigenvalue weighted by molar-refractivity contribution is 9.13. The molecule has 1 fully saturated rings. The molecular weight excluding hydrogens is 342 g/mol. The first-order valence-electron chi connectivity index (χ1n) is 4.91. The summed E-state index contributed by atoms with van der Waals surface area (Å²) in [4.78, 5) is 12.9. The fraction of sp³-hybridized carbons (Fsp3) is 0.500. The lowest BCUT2D eigenvalue weighted by molar-refractivity contribution is 0.0931. The number of piperidine rings is 1. The number of Topliss-reactive ketones (excluding diaryl/α,β-unsaturated/α-hetero) is 1. The Morgan fingerprint density at radius 3 is 2.80 bits per heavy atom. The molecular formula is C10H11Br2NOS. The Kier molecular flexibility index (Phi) is 3.98. The lowest BCUT2D eigenvalue weighted by atomic mass is 10.0. The summed E-state index contributed by atoms with van der Waals surface area (Å²) >= 11 is 8.30. The molecule has 2 nitrogen and oxygen atoms in total. The molecule has 0 spiro atoms. The van der Waals surface area contributed by atoms with Crippen molar-refractivity contribution >= 4 is 49.0 Å². The summed E-state index contributed by atoms with van der Waals surface area (Å²) in [5.74, 6) is 0.228. The van der Waals surface area contributed by atoms with Crippen molar-refractivity contribution in [3.8, 4) is 0 Å². The van der Waals surface area contributed by atoms with Crippen LogP contribution in [0.5, 0.6) is 0 Å². The number of carbonyl (C=O) groups is 1. The number of carbonyl (C=O) groups excluding carboxylic acids is 1. The van der Waals surface area contributed by atoms with Crippen molar-refractivity contribution in [1.82, 2.24) is 5.32 Å². The highest BCUT2D eigenvalue weighted by Gasteiger charge is 2.23. The first-order valence-corrected chi connectivity index (χ1v) is 7.31. The van der Waals surface area contributed by atoms with E-state index in [-0.39, 0.29) is 11.8 Å². The Labute approximate surface area is 110 Å². The van der Waals surface area contributed by atoms with Gasteiger partial charge in [0.15, 0.2) is 5.78 Å². The van der Waals surface area contributed by atoms with E-state index in [0.717, 1.165) is 32.5 Å². The van der Waals surface area contributed by atoms with Crippen LogP contribution < -0.4 is 5.32 Å². The van der Waals surface area contributed by atoms with Crippen LogP contribution >= 0.6 is 43.2 Å². The molecule has 1 aliphatic rings. The van der Waals surface area contributed by atoms with Gasteiger partial charge in [-0.3, -0.25) is 4.79 Å². The predicted molar refractivity (Wildman–Crippen MR) is 69.7 cm³/mol. The zero-order valence-electron chi connectivity index (χ0n) is 8.06. The van der Waals surface area contributed by atoms with Gasteiger partial charge in [-0.2, -0.15) is 0 Å². The van der Waals surface area contributed by atoms with Crippen molar-refractivity contribution in [1.29, 1.82) is 0 Å². The van der Waals surface area contributed by atoms with Crippen LogP contribution in [-0.2, 0) is 0 Å². The summed E-state index contributed by atoms with van der Waals surface area (Å²) in [7, 11) is 0. The number of rotatable bonds is 2. The summed E-state index contributed by atoms with van der Waals surface area (Å²) in [6.07, 6.45) is 3.30. The van der Waals surface area contributed by atoms with Crippen LogP contribution in [-0.4, -0.2) is 18.4 Å². The molecule has 0 radical (unpaired) electrons. The quantitative estimate of drug-likeness (QED) is 0.824. The molecule has 1 aliphatic heterocycles.